The van der Waals surface area contributed by atoms with Crippen LogP contribution in [0.2, 0.25) is 0 Å². The molecule has 8 nitrogen and oxygen atoms in total. The molecule has 212 valence electrons. The normalized spacial score (nSPS) is 17.6. The van der Waals surface area contributed by atoms with Gasteiger partial charge in [0.1, 0.15) is 0 Å². The van der Waals surface area contributed by atoms with Crippen LogP contribution in [0.15, 0.2) is 59.8 Å². The molecule has 1 N–H and O–H groups in total. The number of rotatable bonds is 5. The number of nitrogens with one attached hydrogen (secondary N) is 1. The van der Waals surface area contributed by atoms with E-state index in [0.29, 0.717) is 5.92 Å². The average molecular weight is 550 g/mol. The van der Waals surface area contributed by atoms with Gasteiger partial charge >= 0.3 is 5.69 Å². The summed E-state index contributed by atoms with van der Waals surface area (Å²) in [6.07, 6.45) is 10.7. The van der Waals surface area contributed by atoms with Gasteiger partial charge in [0.25, 0.3) is 0 Å². The molecule has 3 aromatic heterocycles. The number of fused-ring (bicyclic) bond motifs is 2. The van der Waals surface area contributed by atoms with Crippen LogP contribution < -0.4 is 11.0 Å². The Morgan fingerprint density at radius 3 is 2.49 bits per heavy atom. The minimum atomic E-state index is 0.0300. The summed E-state index contributed by atoms with van der Waals surface area (Å²) in [6, 6.07) is 13.1. The molecule has 0 unspecified atom stereocenters. The standard InChI is InChI=1S/C33H39N7O/c1-37-21-26(18-36-37)30-16-24-5-4-6-27(29(24)19-35-30)25-15-28(32-31(17-25)38(2)33(41)39(32)3)23-9-13-40(14-10-23)20-22-7-11-34-12-8-22/h4-6,15-19,21-23,34H,7-14,20H2,1-3H3. The second-order valence-electron chi connectivity index (χ2n) is 12.1. The van der Waals surface area contributed by atoms with Crippen LogP contribution >= 0.6 is 0 Å². The molecular weight excluding hydrogens is 510 g/mol. The van der Waals surface area contributed by atoms with Crippen molar-refractivity contribution in [1.29, 1.82) is 0 Å². The maximum Gasteiger partial charge on any atom is 0.328 e. The third-order valence-corrected chi connectivity index (χ3v) is 9.47. The molecule has 2 aliphatic heterocycles. The highest BCUT2D eigenvalue weighted by Gasteiger charge is 2.27. The molecule has 5 aromatic rings. The molecule has 0 bridgehead atoms. The van der Waals surface area contributed by atoms with E-state index >= 15 is 0 Å². The Bertz CT molecular complexity index is 1780. The van der Waals surface area contributed by atoms with Gasteiger partial charge in [0, 0.05) is 51.0 Å². The maximum absolute atomic E-state index is 13.1. The van der Waals surface area contributed by atoms with Crippen molar-refractivity contribution in [2.24, 2.45) is 27.1 Å². The van der Waals surface area contributed by atoms with Crippen LogP contribution in [-0.2, 0) is 21.1 Å². The van der Waals surface area contributed by atoms with Crippen molar-refractivity contribution in [2.45, 2.75) is 31.6 Å². The topological polar surface area (TPSA) is 72.9 Å². The summed E-state index contributed by atoms with van der Waals surface area (Å²) in [4.78, 5) is 20.6. The number of pyridine rings is 1. The Morgan fingerprint density at radius 1 is 0.927 bits per heavy atom. The molecule has 2 saturated heterocycles. The predicted molar refractivity (Wildman–Crippen MR) is 165 cm³/mol. The van der Waals surface area contributed by atoms with Crippen molar-refractivity contribution in [3.63, 3.8) is 0 Å². The molecule has 41 heavy (non-hydrogen) atoms. The van der Waals surface area contributed by atoms with Gasteiger partial charge in [0.15, 0.2) is 0 Å². The monoisotopic (exact) mass is 549 g/mol. The first kappa shape index (κ1) is 26.2. The van der Waals surface area contributed by atoms with Crippen LogP contribution in [0.5, 0.6) is 0 Å². The number of imidazole rings is 1. The number of nitrogens with zero attached hydrogens (tertiary/aromatic N) is 6. The molecule has 2 aliphatic rings. The Morgan fingerprint density at radius 2 is 1.73 bits per heavy atom. The molecule has 5 heterocycles. The fourth-order valence-corrected chi connectivity index (χ4v) is 7.14. The molecule has 0 spiro atoms. The largest absolute Gasteiger partial charge is 0.328 e. The molecule has 0 atom stereocenters. The maximum atomic E-state index is 13.1. The number of aryl methyl sites for hydroxylation is 3. The van der Waals surface area contributed by atoms with Crippen LogP contribution in [0.3, 0.4) is 0 Å². The van der Waals surface area contributed by atoms with E-state index in [1.54, 1.807) is 9.25 Å². The molecule has 0 amide bonds. The molecule has 0 aliphatic carbocycles. The highest BCUT2D eigenvalue weighted by molar-refractivity contribution is 5.99. The summed E-state index contributed by atoms with van der Waals surface area (Å²) in [5.74, 6) is 1.25. The number of hydrogen-bond donors (Lipinski definition) is 1. The fraction of sp³-hybridized carbons (Fsp3) is 0.424. The average Bonchev–Trinajstić information content (AvgIpc) is 3.54. The lowest BCUT2D eigenvalue weighted by Crippen LogP contribution is -2.39. The molecule has 8 heteroatoms. The van der Waals surface area contributed by atoms with Crippen molar-refractivity contribution in [3.05, 3.63) is 71.0 Å². The first-order valence-corrected chi connectivity index (χ1v) is 15.0. The van der Waals surface area contributed by atoms with Gasteiger partial charge in [0.2, 0.25) is 0 Å². The summed E-state index contributed by atoms with van der Waals surface area (Å²) in [7, 11) is 5.73. The van der Waals surface area contributed by atoms with E-state index in [1.165, 1.54) is 24.9 Å². The van der Waals surface area contributed by atoms with E-state index < -0.39 is 0 Å². The van der Waals surface area contributed by atoms with E-state index in [-0.39, 0.29) is 5.69 Å². The van der Waals surface area contributed by atoms with Gasteiger partial charge in [-0.25, -0.2) is 4.79 Å². The third-order valence-electron chi connectivity index (χ3n) is 9.47. The Balaban J connectivity index is 1.26. The lowest BCUT2D eigenvalue weighted by Gasteiger charge is -2.36. The van der Waals surface area contributed by atoms with Gasteiger partial charge in [-0.2, -0.15) is 5.10 Å². The zero-order chi connectivity index (χ0) is 28.1. The van der Waals surface area contributed by atoms with Crippen LogP contribution in [0, 0.1) is 5.92 Å². The van der Waals surface area contributed by atoms with Crippen molar-refractivity contribution >= 4 is 21.8 Å². The minimum Gasteiger partial charge on any atom is -0.317 e. The van der Waals surface area contributed by atoms with Crippen molar-refractivity contribution in [3.8, 4) is 22.4 Å². The van der Waals surface area contributed by atoms with Crippen molar-refractivity contribution in [2.75, 3.05) is 32.7 Å². The summed E-state index contributed by atoms with van der Waals surface area (Å²) >= 11 is 0. The van der Waals surface area contributed by atoms with Crippen molar-refractivity contribution in [1.82, 2.24) is 34.1 Å². The van der Waals surface area contributed by atoms with E-state index in [4.69, 9.17) is 4.98 Å². The summed E-state index contributed by atoms with van der Waals surface area (Å²) < 4.78 is 5.45. The first-order chi connectivity index (χ1) is 20.0. The Hall–Kier alpha value is -3.75. The molecule has 2 fully saturated rings. The van der Waals surface area contributed by atoms with Crippen LogP contribution in [0.4, 0.5) is 0 Å². The number of hydrogen-bond acceptors (Lipinski definition) is 5. The number of piperidine rings is 2. The summed E-state index contributed by atoms with van der Waals surface area (Å²) in [5.41, 5.74) is 7.63. The van der Waals surface area contributed by atoms with Gasteiger partial charge < -0.3 is 10.2 Å². The Labute approximate surface area is 240 Å². The molecule has 0 saturated carbocycles. The molecule has 7 rings (SSSR count). The van der Waals surface area contributed by atoms with Crippen LogP contribution in [0.1, 0.15) is 37.2 Å². The molecule has 2 aromatic carbocycles. The Kier molecular flexibility index (Phi) is 6.75. The van der Waals surface area contributed by atoms with Crippen LogP contribution in [0.25, 0.3) is 44.2 Å². The lowest BCUT2D eigenvalue weighted by atomic mass is 9.85. The van der Waals surface area contributed by atoms with Gasteiger partial charge in [-0.1, -0.05) is 18.2 Å². The second-order valence-corrected chi connectivity index (χ2v) is 12.1. The van der Waals surface area contributed by atoms with Gasteiger partial charge in [-0.05, 0) is 104 Å². The first-order valence-electron chi connectivity index (χ1n) is 15.0. The number of aromatic nitrogens is 5. The van der Waals surface area contributed by atoms with E-state index in [1.807, 2.05) is 44.3 Å². The SMILES string of the molecule is Cn1cc(-c2cc3cccc(-c4cc(C5CCN(CC6CCNCC6)CC5)c5c(c4)n(C)c(=O)n5C)c3cn2)cn1. The summed E-state index contributed by atoms with van der Waals surface area (Å²) in [5, 5.41) is 10.1. The molecule has 0 radical (unpaired) electrons. The van der Waals surface area contributed by atoms with Gasteiger partial charge in [-0.3, -0.25) is 18.8 Å². The van der Waals surface area contributed by atoms with E-state index in [9.17, 15) is 4.79 Å². The lowest BCUT2D eigenvalue weighted by molar-refractivity contribution is 0.167. The quantitative estimate of drug-likeness (QED) is 0.345. The number of benzene rings is 2. The third kappa shape index (κ3) is 4.79. The zero-order valence-corrected chi connectivity index (χ0v) is 24.3. The summed E-state index contributed by atoms with van der Waals surface area (Å²) in [6.45, 7) is 5.77. The zero-order valence-electron chi connectivity index (χ0n) is 24.3. The number of likely N-dealkylation sites (tertiary alicyclic amines) is 1. The smallest absolute Gasteiger partial charge is 0.317 e. The van der Waals surface area contributed by atoms with Crippen LogP contribution in [-0.4, -0.2) is 61.5 Å². The van der Waals surface area contributed by atoms with E-state index in [2.05, 4.69) is 51.7 Å². The van der Waals surface area contributed by atoms with Gasteiger partial charge in [-0.15, -0.1) is 0 Å². The van der Waals surface area contributed by atoms with Crippen molar-refractivity contribution < 1.29 is 0 Å². The predicted octanol–water partition coefficient (Wildman–Crippen LogP) is 4.67. The fourth-order valence-electron chi connectivity index (χ4n) is 7.14. The highest BCUT2D eigenvalue weighted by Crippen LogP contribution is 2.38. The highest BCUT2D eigenvalue weighted by atomic mass is 16.1. The van der Waals surface area contributed by atoms with Gasteiger partial charge in [0.05, 0.1) is 22.9 Å². The molecular formula is C33H39N7O. The van der Waals surface area contributed by atoms with E-state index in [0.717, 1.165) is 89.1 Å². The minimum absolute atomic E-state index is 0.0300. The second kappa shape index (κ2) is 10.6.